The van der Waals surface area contributed by atoms with Crippen molar-refractivity contribution in [2.24, 2.45) is 29.1 Å². The number of halogens is 3. The van der Waals surface area contributed by atoms with Gasteiger partial charge in [0.2, 0.25) is 33.6 Å². The van der Waals surface area contributed by atoms with Crippen molar-refractivity contribution in [3.05, 3.63) is 42.0 Å². The second-order valence-corrected chi connectivity index (χ2v) is 20.8. The second kappa shape index (κ2) is 16.8. The molecule has 0 unspecified atom stereocenters. The summed E-state index contributed by atoms with van der Waals surface area (Å²) in [5, 5.41) is 1.62. The number of hydrogen-bond acceptors (Lipinski definition) is 10. The summed E-state index contributed by atoms with van der Waals surface area (Å²) in [6, 6.07) is 6.42. The number of pyridine rings is 1. The molecule has 0 radical (unpaired) electrons. The van der Waals surface area contributed by atoms with Crippen LogP contribution in [0.2, 0.25) is 0 Å². The Hall–Kier alpha value is -4.21. The number of aryl methyl sites for hydroxylation is 1. The number of rotatable bonds is 11. The number of hydrogen-bond donors (Lipinski definition) is 1. The van der Waals surface area contributed by atoms with Gasteiger partial charge in [0.15, 0.2) is 11.4 Å². The van der Waals surface area contributed by atoms with Gasteiger partial charge in [0.05, 0.1) is 36.9 Å². The molecule has 7 atom stereocenters. The highest BCUT2D eigenvalue weighted by Crippen LogP contribution is 2.58. The molecule has 0 spiro atoms. The average molecular weight is 874 g/mol. The van der Waals surface area contributed by atoms with Gasteiger partial charge in [-0.2, -0.15) is 4.98 Å². The van der Waals surface area contributed by atoms with Gasteiger partial charge < -0.3 is 19.1 Å². The van der Waals surface area contributed by atoms with Crippen molar-refractivity contribution < 1.29 is 55.0 Å². The Balaban J connectivity index is 1.25. The number of carbonyl (C=O) groups is 4. The van der Waals surface area contributed by atoms with E-state index in [1.807, 2.05) is 50.3 Å². The first-order valence-electron chi connectivity index (χ1n) is 21.7. The molecule has 2 saturated carbocycles. The number of carbonyl (C=O) groups excluding carboxylic acids is 4. The van der Waals surface area contributed by atoms with Gasteiger partial charge in [0.1, 0.15) is 17.5 Å². The number of sulfonamides is 1. The molecule has 334 valence electrons. The third-order valence-electron chi connectivity index (χ3n) is 14.0. The molecule has 16 heteroatoms. The fraction of sp³-hybridized carbons (Fsp3) is 0.667. The van der Waals surface area contributed by atoms with Crippen molar-refractivity contribution in [2.75, 3.05) is 19.8 Å². The molecule has 4 heterocycles. The lowest BCUT2D eigenvalue weighted by atomic mass is 9.79. The molecule has 3 fully saturated rings. The lowest BCUT2D eigenvalue weighted by molar-refractivity contribution is -0.197. The summed E-state index contributed by atoms with van der Waals surface area (Å²) in [6.07, 6.45) is 6.19. The highest BCUT2D eigenvalue weighted by Gasteiger charge is 2.63. The minimum absolute atomic E-state index is 0.0144. The number of ether oxygens (including phenoxy) is 3. The monoisotopic (exact) mass is 873 g/mol. The molecular formula is C45H58F3N3O9S. The number of alkyl halides is 3. The van der Waals surface area contributed by atoms with E-state index in [0.717, 1.165) is 43.0 Å². The van der Waals surface area contributed by atoms with Crippen LogP contribution in [0.3, 0.4) is 0 Å². The van der Waals surface area contributed by atoms with E-state index in [2.05, 4.69) is 4.72 Å². The fourth-order valence-corrected chi connectivity index (χ4v) is 10.8. The fourth-order valence-electron chi connectivity index (χ4n) is 9.39. The number of allylic oxidation sites excluding steroid dienone is 2. The molecule has 0 bridgehead atoms. The number of Topliss-reactive ketones (excluding diaryl/α,β-unsaturated/α-hetero) is 1. The van der Waals surface area contributed by atoms with Crippen molar-refractivity contribution >= 4 is 44.4 Å². The van der Waals surface area contributed by atoms with Crippen LogP contribution in [-0.2, 0) is 40.4 Å². The van der Waals surface area contributed by atoms with Crippen LogP contribution in [0.25, 0.3) is 10.8 Å². The van der Waals surface area contributed by atoms with Gasteiger partial charge in [0.25, 0.3) is 5.92 Å². The summed E-state index contributed by atoms with van der Waals surface area (Å²) in [4.78, 5) is 63.8. The van der Waals surface area contributed by atoms with Gasteiger partial charge in [-0.25, -0.2) is 21.6 Å². The Bertz CT molecular complexity index is 2190. The number of nitrogens with zero attached hydrogens (tertiary/aromatic N) is 2. The lowest BCUT2D eigenvalue weighted by Gasteiger charge is -2.35. The SMILES string of the molecule is CC[C@@H]1C[C@H](C)CC/C=C\[C@@H]2C[C@@]2(C(=O)NS(=O)(=O)C2(CF)CC2)CC(=O)[C@@H]2C[C@@H](Oc3nc4c(c5ccccc35)CCCO4)CN2C(=O)[C@H]1CC(=O)OC(C)(C)C(C)(F)F. The number of nitrogens with one attached hydrogen (secondary N) is 1. The van der Waals surface area contributed by atoms with Gasteiger partial charge in [-0.15, -0.1) is 0 Å². The van der Waals surface area contributed by atoms with Crippen LogP contribution in [0.5, 0.6) is 11.8 Å². The molecule has 61 heavy (non-hydrogen) atoms. The van der Waals surface area contributed by atoms with Gasteiger partial charge >= 0.3 is 5.97 Å². The van der Waals surface area contributed by atoms with Crippen molar-refractivity contribution in [2.45, 2.75) is 140 Å². The summed E-state index contributed by atoms with van der Waals surface area (Å²) in [5.41, 5.74) is -2.68. The topological polar surface area (TPSA) is 158 Å². The summed E-state index contributed by atoms with van der Waals surface area (Å²) in [5.74, 6) is -7.50. The molecule has 1 saturated heterocycles. The first-order chi connectivity index (χ1) is 28.7. The van der Waals surface area contributed by atoms with Crippen molar-refractivity contribution in [3.8, 4) is 11.8 Å². The summed E-state index contributed by atoms with van der Waals surface area (Å²) in [7, 11) is -4.40. The molecule has 2 aliphatic carbocycles. The average Bonchev–Trinajstić information content (AvgIpc) is 4.11. The van der Waals surface area contributed by atoms with Crippen LogP contribution in [0.1, 0.15) is 111 Å². The number of esters is 1. The zero-order chi connectivity index (χ0) is 44.1. The maximum atomic E-state index is 15.1. The van der Waals surface area contributed by atoms with Crippen molar-refractivity contribution in [1.82, 2.24) is 14.6 Å². The van der Waals surface area contributed by atoms with Crippen molar-refractivity contribution in [3.63, 3.8) is 0 Å². The van der Waals surface area contributed by atoms with E-state index in [-0.39, 0.29) is 44.0 Å². The van der Waals surface area contributed by atoms with E-state index >= 15 is 4.79 Å². The number of ketones is 1. The van der Waals surface area contributed by atoms with Gasteiger partial charge in [-0.3, -0.25) is 23.9 Å². The molecule has 5 aliphatic rings. The normalized spacial score (nSPS) is 29.8. The largest absolute Gasteiger partial charge is 0.477 e. The van der Waals surface area contributed by atoms with Gasteiger partial charge in [-0.1, -0.05) is 50.6 Å². The van der Waals surface area contributed by atoms with E-state index in [1.165, 1.54) is 4.90 Å². The third-order valence-corrected chi connectivity index (χ3v) is 16.1. The summed E-state index contributed by atoms with van der Waals surface area (Å²) < 4.78 is 87.9. The van der Waals surface area contributed by atoms with E-state index in [4.69, 9.17) is 19.2 Å². The zero-order valence-corrected chi connectivity index (χ0v) is 36.5. The van der Waals surface area contributed by atoms with Gasteiger partial charge in [-0.05, 0) is 94.4 Å². The molecule has 3 aliphatic heterocycles. The molecular weight excluding hydrogens is 816 g/mol. The minimum Gasteiger partial charge on any atom is -0.477 e. The number of aromatic nitrogens is 1. The van der Waals surface area contributed by atoms with E-state index in [9.17, 15) is 36.0 Å². The quantitative estimate of drug-likeness (QED) is 0.181. The number of amides is 2. The highest BCUT2D eigenvalue weighted by atomic mass is 32.2. The zero-order valence-electron chi connectivity index (χ0n) is 35.6. The summed E-state index contributed by atoms with van der Waals surface area (Å²) >= 11 is 0. The molecule has 2 amide bonds. The lowest BCUT2D eigenvalue weighted by Crippen LogP contribution is -2.49. The van der Waals surface area contributed by atoms with Crippen molar-refractivity contribution in [1.29, 1.82) is 0 Å². The molecule has 2 aromatic rings. The molecule has 1 aromatic heterocycles. The van der Waals surface area contributed by atoms with Gasteiger partial charge in [0, 0.05) is 30.7 Å². The Morgan fingerprint density at radius 1 is 1.10 bits per heavy atom. The molecule has 12 nitrogen and oxygen atoms in total. The smallest absolute Gasteiger partial charge is 0.307 e. The van der Waals surface area contributed by atoms with Crippen LogP contribution in [0.15, 0.2) is 36.4 Å². The Morgan fingerprint density at radius 3 is 2.49 bits per heavy atom. The minimum atomic E-state index is -4.40. The van der Waals surface area contributed by atoms with Crippen LogP contribution < -0.4 is 14.2 Å². The Kier molecular flexibility index (Phi) is 12.4. The molecule has 7 rings (SSSR count). The second-order valence-electron chi connectivity index (χ2n) is 18.7. The van der Waals surface area contributed by atoms with E-state index in [1.54, 1.807) is 0 Å². The van der Waals surface area contributed by atoms with Crippen LogP contribution in [-0.4, -0.2) is 90.1 Å². The Morgan fingerprint density at radius 2 is 1.82 bits per heavy atom. The van der Waals surface area contributed by atoms with E-state index in [0.29, 0.717) is 45.1 Å². The van der Waals surface area contributed by atoms with Crippen LogP contribution in [0, 0.1) is 29.1 Å². The number of benzene rings is 1. The first-order valence-corrected chi connectivity index (χ1v) is 23.2. The third kappa shape index (κ3) is 8.88. The first kappa shape index (κ1) is 44.8. The highest BCUT2D eigenvalue weighted by molar-refractivity contribution is 7.91. The number of fused-ring (bicyclic) bond motifs is 5. The van der Waals surface area contributed by atoms with E-state index < -0.39 is 105 Å². The molecule has 1 aromatic carbocycles. The summed E-state index contributed by atoms with van der Waals surface area (Å²) in [6.45, 7) is 6.04. The maximum Gasteiger partial charge on any atom is 0.307 e. The van der Waals surface area contributed by atoms with Crippen LogP contribution in [0.4, 0.5) is 13.2 Å². The molecule has 1 N–H and O–H groups in total. The Labute approximate surface area is 355 Å². The maximum absolute atomic E-state index is 15.1. The standard InChI is InChI=1S/C45H58F3N3O9S/c1-6-28-20-27(2)12-7-8-13-29-23-45(29,41(55)50-61(56,57)44(26-46)17-18-44)24-36(52)35-21-30(25-51(35)40(54)34(28)22-37(53)60-42(3,4)43(5,47)48)59-39-33-15-10-9-14-31(33)32-16-11-19-58-38(32)49-39/h8-10,13-15,27-30,34-35H,6-7,11-12,16-26H2,1-5H3,(H,50,55)/b13-8-/t27-,28-,29-,30-,34+,35+,45-/m1/s1. The van der Waals surface area contributed by atoms with Crippen LogP contribution >= 0.6 is 0 Å². The predicted molar refractivity (Wildman–Crippen MR) is 220 cm³/mol. The predicted octanol–water partition coefficient (Wildman–Crippen LogP) is 7.21.